The Balaban J connectivity index is 2.11. The summed E-state index contributed by atoms with van der Waals surface area (Å²) in [6.07, 6.45) is 0. The van der Waals surface area contributed by atoms with E-state index >= 15 is 0 Å². The van der Waals surface area contributed by atoms with Crippen molar-refractivity contribution in [3.05, 3.63) is 43.2 Å². The van der Waals surface area contributed by atoms with Crippen LogP contribution in [0.25, 0.3) is 0 Å². The van der Waals surface area contributed by atoms with Crippen LogP contribution >= 0.6 is 38.6 Å². The molecule has 2 aromatic heterocycles. The van der Waals surface area contributed by atoms with E-state index < -0.39 is 0 Å². The van der Waals surface area contributed by atoms with Crippen LogP contribution in [-0.4, -0.2) is 18.5 Å². The van der Waals surface area contributed by atoms with Crippen LogP contribution in [0.3, 0.4) is 0 Å². The molecule has 0 amide bonds. The maximum Gasteiger partial charge on any atom is 0.0576 e. The van der Waals surface area contributed by atoms with E-state index in [-0.39, 0.29) is 6.04 Å². The van der Waals surface area contributed by atoms with Crippen molar-refractivity contribution in [1.82, 2.24) is 4.90 Å². The van der Waals surface area contributed by atoms with Crippen LogP contribution in [0.2, 0.25) is 0 Å². The van der Waals surface area contributed by atoms with Gasteiger partial charge in [-0.1, -0.05) is 6.07 Å². The molecule has 0 aliphatic carbocycles. The lowest BCUT2D eigenvalue weighted by Crippen LogP contribution is -2.29. The molecule has 0 aliphatic heterocycles. The van der Waals surface area contributed by atoms with E-state index in [4.69, 9.17) is 5.73 Å². The molecule has 0 aliphatic rings. The zero-order chi connectivity index (χ0) is 12.3. The van der Waals surface area contributed by atoms with Gasteiger partial charge in [0.1, 0.15) is 0 Å². The van der Waals surface area contributed by atoms with Crippen molar-refractivity contribution in [3.8, 4) is 0 Å². The predicted octanol–water partition coefficient (Wildman–Crippen LogP) is 3.70. The molecule has 2 nitrogen and oxygen atoms in total. The molecule has 2 N–H and O–H groups in total. The van der Waals surface area contributed by atoms with Crippen LogP contribution in [0.1, 0.15) is 15.8 Å². The largest absolute Gasteiger partial charge is 0.329 e. The molecule has 17 heavy (non-hydrogen) atoms. The second kappa shape index (κ2) is 6.11. The van der Waals surface area contributed by atoms with Crippen molar-refractivity contribution in [2.75, 3.05) is 13.6 Å². The number of rotatable bonds is 5. The summed E-state index contributed by atoms with van der Waals surface area (Å²) in [6, 6.07) is 6.62. The standard InChI is InChI=1S/C12H15BrN2S2/c1-15(8-9-3-2-5-16-9)11(7-14)12-10(13)4-6-17-12/h2-6,11H,7-8,14H2,1H3. The van der Waals surface area contributed by atoms with Gasteiger partial charge in [-0.05, 0) is 45.9 Å². The summed E-state index contributed by atoms with van der Waals surface area (Å²) in [6.45, 7) is 1.59. The fourth-order valence-electron chi connectivity index (χ4n) is 1.79. The first-order chi connectivity index (χ1) is 8.22. The summed E-state index contributed by atoms with van der Waals surface area (Å²) in [7, 11) is 2.13. The summed E-state index contributed by atoms with van der Waals surface area (Å²) < 4.78 is 1.16. The maximum atomic E-state index is 5.91. The Bertz CT molecular complexity index is 453. The minimum atomic E-state index is 0.284. The second-order valence-corrected chi connectivity index (χ2v) is 6.71. The van der Waals surface area contributed by atoms with E-state index in [9.17, 15) is 0 Å². The van der Waals surface area contributed by atoms with Gasteiger partial charge in [-0.2, -0.15) is 0 Å². The number of hydrogen-bond donors (Lipinski definition) is 1. The first-order valence-electron chi connectivity index (χ1n) is 5.38. The first-order valence-corrected chi connectivity index (χ1v) is 7.93. The summed E-state index contributed by atoms with van der Waals surface area (Å²) >= 11 is 7.13. The number of nitrogens with two attached hydrogens (primary N) is 1. The van der Waals surface area contributed by atoms with E-state index in [2.05, 4.69) is 56.8 Å². The molecule has 92 valence electrons. The Labute approximate surface area is 118 Å². The molecular formula is C12H15BrN2S2. The number of nitrogens with zero attached hydrogens (tertiary/aromatic N) is 1. The molecule has 0 fully saturated rings. The lowest BCUT2D eigenvalue weighted by Gasteiger charge is -2.26. The summed E-state index contributed by atoms with van der Waals surface area (Å²) in [5, 5.41) is 4.21. The molecule has 0 saturated heterocycles. The average Bonchev–Trinajstić information content (AvgIpc) is 2.92. The van der Waals surface area contributed by atoms with Gasteiger partial charge in [-0.25, -0.2) is 0 Å². The van der Waals surface area contributed by atoms with E-state index in [1.807, 2.05) is 0 Å². The van der Waals surface area contributed by atoms with Gasteiger partial charge in [0.05, 0.1) is 6.04 Å². The van der Waals surface area contributed by atoms with Crippen LogP contribution in [0.4, 0.5) is 0 Å². The first kappa shape index (κ1) is 13.2. The monoisotopic (exact) mass is 330 g/mol. The third-order valence-electron chi connectivity index (χ3n) is 2.69. The molecule has 0 spiro atoms. The van der Waals surface area contributed by atoms with Gasteiger partial charge in [-0.3, -0.25) is 4.90 Å². The molecule has 1 atom stereocenters. The minimum Gasteiger partial charge on any atom is -0.329 e. The highest BCUT2D eigenvalue weighted by molar-refractivity contribution is 9.10. The van der Waals surface area contributed by atoms with Crippen LogP contribution in [0.5, 0.6) is 0 Å². The lowest BCUT2D eigenvalue weighted by molar-refractivity contribution is 0.246. The smallest absolute Gasteiger partial charge is 0.0576 e. The third kappa shape index (κ3) is 3.17. The van der Waals surface area contributed by atoms with Crippen LogP contribution in [0, 0.1) is 0 Å². The van der Waals surface area contributed by atoms with Gasteiger partial charge < -0.3 is 5.73 Å². The van der Waals surface area contributed by atoms with E-state index in [1.165, 1.54) is 9.75 Å². The Morgan fingerprint density at radius 2 is 2.18 bits per heavy atom. The molecule has 5 heteroatoms. The van der Waals surface area contributed by atoms with Gasteiger partial charge in [0.2, 0.25) is 0 Å². The van der Waals surface area contributed by atoms with Crippen molar-refractivity contribution >= 4 is 38.6 Å². The number of halogens is 1. The third-order valence-corrected chi connectivity index (χ3v) is 5.52. The van der Waals surface area contributed by atoms with Gasteiger partial charge in [-0.15, -0.1) is 22.7 Å². The number of likely N-dealkylation sites (N-methyl/N-ethyl adjacent to an activating group) is 1. The van der Waals surface area contributed by atoms with Gasteiger partial charge in [0, 0.05) is 27.3 Å². The van der Waals surface area contributed by atoms with Crippen LogP contribution in [-0.2, 0) is 6.54 Å². The van der Waals surface area contributed by atoms with Crippen molar-refractivity contribution in [2.24, 2.45) is 5.73 Å². The highest BCUT2D eigenvalue weighted by Crippen LogP contribution is 2.32. The van der Waals surface area contributed by atoms with E-state index in [0.29, 0.717) is 6.54 Å². The van der Waals surface area contributed by atoms with Gasteiger partial charge in [0.25, 0.3) is 0 Å². The normalized spacial score (nSPS) is 13.2. The zero-order valence-corrected chi connectivity index (χ0v) is 12.8. The summed E-state index contributed by atoms with van der Waals surface area (Å²) in [5.41, 5.74) is 5.91. The Hall–Kier alpha value is -0.200. The molecular weight excluding hydrogens is 316 g/mol. The van der Waals surface area contributed by atoms with E-state index in [1.54, 1.807) is 22.7 Å². The fourth-order valence-corrected chi connectivity index (χ4v) is 4.37. The molecule has 0 aromatic carbocycles. The second-order valence-electron chi connectivity index (χ2n) is 3.88. The van der Waals surface area contributed by atoms with Gasteiger partial charge >= 0.3 is 0 Å². The number of thiophene rings is 2. The van der Waals surface area contributed by atoms with Crippen molar-refractivity contribution in [2.45, 2.75) is 12.6 Å². The molecule has 0 saturated carbocycles. The summed E-state index contributed by atoms with van der Waals surface area (Å²) in [4.78, 5) is 4.99. The predicted molar refractivity (Wildman–Crippen MR) is 79.6 cm³/mol. The maximum absolute atomic E-state index is 5.91. The Morgan fingerprint density at radius 3 is 2.71 bits per heavy atom. The molecule has 2 rings (SSSR count). The van der Waals surface area contributed by atoms with Crippen LogP contribution in [0.15, 0.2) is 33.4 Å². The molecule has 1 unspecified atom stereocenters. The lowest BCUT2D eigenvalue weighted by atomic mass is 10.2. The topological polar surface area (TPSA) is 29.3 Å². The van der Waals surface area contributed by atoms with Crippen molar-refractivity contribution < 1.29 is 0 Å². The summed E-state index contributed by atoms with van der Waals surface area (Å²) in [5.74, 6) is 0. The molecule has 2 aromatic rings. The Kier molecular flexibility index (Phi) is 4.76. The minimum absolute atomic E-state index is 0.284. The van der Waals surface area contributed by atoms with E-state index in [0.717, 1.165) is 11.0 Å². The fraction of sp³-hybridized carbons (Fsp3) is 0.333. The highest BCUT2D eigenvalue weighted by atomic mass is 79.9. The van der Waals surface area contributed by atoms with Crippen molar-refractivity contribution in [3.63, 3.8) is 0 Å². The highest BCUT2D eigenvalue weighted by Gasteiger charge is 2.19. The molecule has 0 radical (unpaired) electrons. The van der Waals surface area contributed by atoms with Crippen LogP contribution < -0.4 is 5.73 Å². The van der Waals surface area contributed by atoms with Gasteiger partial charge in [0.15, 0.2) is 0 Å². The van der Waals surface area contributed by atoms with Crippen molar-refractivity contribution in [1.29, 1.82) is 0 Å². The average molecular weight is 331 g/mol. The quantitative estimate of drug-likeness (QED) is 0.905. The number of hydrogen-bond acceptors (Lipinski definition) is 4. The Morgan fingerprint density at radius 1 is 1.35 bits per heavy atom. The molecule has 0 bridgehead atoms. The molecule has 2 heterocycles. The SMILES string of the molecule is CN(Cc1cccs1)C(CN)c1sccc1Br. The zero-order valence-electron chi connectivity index (χ0n) is 9.60.